The molecule has 0 saturated heterocycles. The summed E-state index contributed by atoms with van der Waals surface area (Å²) in [5.41, 5.74) is 0.724. The molecule has 0 spiro atoms. The molecular formula is C12H9ClN2O3. The van der Waals surface area contributed by atoms with Gasteiger partial charge < -0.3 is 9.84 Å². The molecule has 92 valence electrons. The van der Waals surface area contributed by atoms with Crippen molar-refractivity contribution >= 4 is 17.6 Å². The van der Waals surface area contributed by atoms with Gasteiger partial charge in [0.25, 0.3) is 0 Å². The van der Waals surface area contributed by atoms with Crippen LogP contribution < -0.4 is 4.74 Å². The second-order valence-electron chi connectivity index (χ2n) is 3.56. The van der Waals surface area contributed by atoms with E-state index in [9.17, 15) is 4.79 Å². The summed E-state index contributed by atoms with van der Waals surface area (Å²) in [5, 5.41) is 17.0. The van der Waals surface area contributed by atoms with Crippen molar-refractivity contribution < 1.29 is 14.6 Å². The van der Waals surface area contributed by atoms with Crippen molar-refractivity contribution in [3.05, 3.63) is 46.6 Å². The normalized spacial score (nSPS) is 10.1. The molecule has 0 aliphatic rings. The van der Waals surface area contributed by atoms with Crippen LogP contribution in [-0.2, 0) is 0 Å². The molecule has 0 unspecified atom stereocenters. The van der Waals surface area contributed by atoms with E-state index >= 15 is 0 Å². The van der Waals surface area contributed by atoms with E-state index in [1.165, 1.54) is 12.1 Å². The lowest BCUT2D eigenvalue weighted by Gasteiger charge is -2.07. The minimum Gasteiger partial charge on any atom is -0.478 e. The fourth-order valence-electron chi connectivity index (χ4n) is 1.31. The number of hydrogen-bond acceptors (Lipinski definition) is 4. The molecule has 2 rings (SSSR count). The Labute approximate surface area is 108 Å². The molecule has 0 atom stereocenters. The van der Waals surface area contributed by atoms with E-state index in [1.54, 1.807) is 25.1 Å². The van der Waals surface area contributed by atoms with Crippen LogP contribution in [0.1, 0.15) is 16.1 Å². The zero-order chi connectivity index (χ0) is 13.1. The number of aryl methyl sites for hydroxylation is 1. The summed E-state index contributed by atoms with van der Waals surface area (Å²) in [6.45, 7) is 1.79. The molecule has 1 heterocycles. The number of benzene rings is 1. The van der Waals surface area contributed by atoms with E-state index in [2.05, 4.69) is 10.2 Å². The maximum atomic E-state index is 11.0. The number of halogens is 1. The maximum Gasteiger partial charge on any atom is 0.339 e. The molecule has 0 amide bonds. The molecular weight excluding hydrogens is 256 g/mol. The molecule has 0 bridgehead atoms. The van der Waals surface area contributed by atoms with Crippen LogP contribution in [0.5, 0.6) is 11.6 Å². The van der Waals surface area contributed by atoms with Crippen LogP contribution in [0, 0.1) is 6.92 Å². The van der Waals surface area contributed by atoms with E-state index in [1.807, 2.05) is 0 Å². The summed E-state index contributed by atoms with van der Waals surface area (Å²) in [5.74, 6) is -0.719. The highest BCUT2D eigenvalue weighted by Crippen LogP contribution is 2.26. The first-order valence-electron chi connectivity index (χ1n) is 5.07. The van der Waals surface area contributed by atoms with Gasteiger partial charge in [0.15, 0.2) is 0 Å². The number of carbonyl (C=O) groups is 1. The number of hydrogen-bond donors (Lipinski definition) is 1. The van der Waals surface area contributed by atoms with Crippen molar-refractivity contribution in [3.8, 4) is 11.6 Å². The molecule has 2 aromatic rings. The zero-order valence-corrected chi connectivity index (χ0v) is 10.2. The number of carboxylic acid groups (broad SMARTS) is 1. The molecule has 1 aromatic carbocycles. The molecule has 0 saturated carbocycles. The fourth-order valence-corrected chi connectivity index (χ4v) is 1.48. The van der Waals surface area contributed by atoms with Gasteiger partial charge in [0.2, 0.25) is 5.88 Å². The Bertz CT molecular complexity index is 584. The summed E-state index contributed by atoms with van der Waals surface area (Å²) < 4.78 is 5.37. The average molecular weight is 265 g/mol. The molecule has 0 aliphatic carbocycles. The minimum atomic E-state index is -1.12. The van der Waals surface area contributed by atoms with Crippen LogP contribution in [-0.4, -0.2) is 21.3 Å². The van der Waals surface area contributed by atoms with E-state index < -0.39 is 5.97 Å². The highest BCUT2D eigenvalue weighted by molar-refractivity contribution is 6.31. The van der Waals surface area contributed by atoms with Gasteiger partial charge in [-0.2, -0.15) is 5.10 Å². The molecule has 0 aliphatic heterocycles. The van der Waals surface area contributed by atoms with Crippen molar-refractivity contribution in [1.82, 2.24) is 10.2 Å². The van der Waals surface area contributed by atoms with Gasteiger partial charge in [-0.15, -0.1) is 5.10 Å². The Kier molecular flexibility index (Phi) is 3.43. The Morgan fingerprint density at radius 3 is 2.67 bits per heavy atom. The van der Waals surface area contributed by atoms with Gasteiger partial charge in [-0.05, 0) is 31.2 Å². The first-order valence-corrected chi connectivity index (χ1v) is 5.45. The number of carboxylic acids is 1. The molecule has 1 aromatic heterocycles. The van der Waals surface area contributed by atoms with Crippen molar-refractivity contribution in [2.24, 2.45) is 0 Å². The topological polar surface area (TPSA) is 72.3 Å². The number of aromatic carboxylic acids is 1. The predicted molar refractivity (Wildman–Crippen MR) is 65.3 cm³/mol. The molecule has 5 nitrogen and oxygen atoms in total. The van der Waals surface area contributed by atoms with Crippen LogP contribution in [0.25, 0.3) is 0 Å². The second-order valence-corrected chi connectivity index (χ2v) is 4.00. The number of rotatable bonds is 3. The van der Waals surface area contributed by atoms with Gasteiger partial charge in [0.05, 0.1) is 5.69 Å². The SMILES string of the molecule is Cc1ccc(Oc2ccc(Cl)cc2C(=O)O)nn1. The van der Waals surface area contributed by atoms with Crippen LogP contribution in [0.4, 0.5) is 0 Å². The van der Waals surface area contributed by atoms with Crippen LogP contribution in [0.15, 0.2) is 30.3 Å². The highest BCUT2D eigenvalue weighted by Gasteiger charge is 2.13. The fraction of sp³-hybridized carbons (Fsp3) is 0.0833. The van der Waals surface area contributed by atoms with Crippen LogP contribution >= 0.6 is 11.6 Å². The smallest absolute Gasteiger partial charge is 0.339 e. The third-order valence-electron chi connectivity index (χ3n) is 2.16. The second kappa shape index (κ2) is 5.01. The van der Waals surface area contributed by atoms with Gasteiger partial charge in [-0.1, -0.05) is 11.6 Å². The molecule has 1 N–H and O–H groups in total. The average Bonchev–Trinajstić information content (AvgIpc) is 2.34. The minimum absolute atomic E-state index is 0.0233. The van der Waals surface area contributed by atoms with Crippen molar-refractivity contribution in [3.63, 3.8) is 0 Å². The largest absolute Gasteiger partial charge is 0.478 e. The van der Waals surface area contributed by atoms with Crippen molar-refractivity contribution in [2.75, 3.05) is 0 Å². The zero-order valence-electron chi connectivity index (χ0n) is 9.42. The Balaban J connectivity index is 2.34. The highest BCUT2D eigenvalue weighted by atomic mass is 35.5. The lowest BCUT2D eigenvalue weighted by atomic mass is 10.2. The maximum absolute atomic E-state index is 11.0. The van der Waals surface area contributed by atoms with Crippen molar-refractivity contribution in [1.29, 1.82) is 0 Å². The molecule has 0 fully saturated rings. The molecule has 0 radical (unpaired) electrons. The first kappa shape index (κ1) is 12.3. The summed E-state index contributed by atoms with van der Waals surface area (Å²) in [6, 6.07) is 7.68. The summed E-state index contributed by atoms with van der Waals surface area (Å²) in [6.07, 6.45) is 0. The monoisotopic (exact) mass is 264 g/mol. The third-order valence-corrected chi connectivity index (χ3v) is 2.40. The predicted octanol–water partition coefficient (Wildman–Crippen LogP) is 2.93. The standard InChI is InChI=1S/C12H9ClN2O3/c1-7-2-5-11(15-14-7)18-10-4-3-8(13)6-9(10)12(16)17/h2-6H,1H3,(H,16,17). The lowest BCUT2D eigenvalue weighted by Crippen LogP contribution is -2.01. The van der Waals surface area contributed by atoms with Gasteiger partial charge >= 0.3 is 5.97 Å². The molecule has 18 heavy (non-hydrogen) atoms. The van der Waals surface area contributed by atoms with Gasteiger partial charge in [-0.25, -0.2) is 4.79 Å². The first-order chi connectivity index (χ1) is 8.56. The van der Waals surface area contributed by atoms with E-state index in [4.69, 9.17) is 21.4 Å². The lowest BCUT2D eigenvalue weighted by molar-refractivity contribution is 0.0694. The number of aromatic nitrogens is 2. The Hall–Kier alpha value is -2.14. The van der Waals surface area contributed by atoms with Crippen LogP contribution in [0.3, 0.4) is 0 Å². The summed E-state index contributed by atoms with van der Waals surface area (Å²) in [4.78, 5) is 11.0. The molecule has 6 heteroatoms. The summed E-state index contributed by atoms with van der Waals surface area (Å²) in [7, 11) is 0. The van der Waals surface area contributed by atoms with E-state index in [-0.39, 0.29) is 17.2 Å². The number of ether oxygens (including phenoxy) is 1. The van der Waals surface area contributed by atoms with Gasteiger partial charge in [0.1, 0.15) is 11.3 Å². The number of nitrogens with zero attached hydrogens (tertiary/aromatic N) is 2. The Morgan fingerprint density at radius 1 is 1.28 bits per heavy atom. The van der Waals surface area contributed by atoms with E-state index in [0.717, 1.165) is 5.69 Å². The van der Waals surface area contributed by atoms with Crippen molar-refractivity contribution in [2.45, 2.75) is 6.92 Å². The van der Waals surface area contributed by atoms with E-state index in [0.29, 0.717) is 5.02 Å². The Morgan fingerprint density at radius 2 is 2.06 bits per heavy atom. The third kappa shape index (κ3) is 2.75. The van der Waals surface area contributed by atoms with Crippen LogP contribution in [0.2, 0.25) is 5.02 Å². The van der Waals surface area contributed by atoms with Gasteiger partial charge in [0, 0.05) is 11.1 Å². The quantitative estimate of drug-likeness (QED) is 0.923. The van der Waals surface area contributed by atoms with Gasteiger partial charge in [-0.3, -0.25) is 0 Å². The summed E-state index contributed by atoms with van der Waals surface area (Å²) >= 11 is 5.74.